The molecule has 20 heavy (non-hydrogen) atoms. The van der Waals surface area contributed by atoms with Crippen LogP contribution in [0.3, 0.4) is 0 Å². The highest BCUT2D eigenvalue weighted by molar-refractivity contribution is 5.92. The molecule has 0 saturated heterocycles. The molecule has 1 amide bonds. The van der Waals surface area contributed by atoms with Crippen LogP contribution in [0.2, 0.25) is 0 Å². The monoisotopic (exact) mass is 271 g/mol. The second-order valence-corrected chi connectivity index (χ2v) is 5.00. The lowest BCUT2D eigenvalue weighted by Crippen LogP contribution is -2.29. The zero-order valence-electron chi connectivity index (χ0n) is 11.1. The molecule has 2 aromatic rings. The van der Waals surface area contributed by atoms with Crippen LogP contribution in [-0.4, -0.2) is 33.3 Å². The summed E-state index contributed by atoms with van der Waals surface area (Å²) in [5.41, 5.74) is 1.88. The van der Waals surface area contributed by atoms with Crippen LogP contribution in [0.1, 0.15) is 18.4 Å². The summed E-state index contributed by atoms with van der Waals surface area (Å²) in [6.07, 6.45) is 5.54. The van der Waals surface area contributed by atoms with Gasteiger partial charge in [0.15, 0.2) is 0 Å². The molecule has 104 valence electrons. The number of hydrogen-bond acceptors (Lipinski definition) is 4. The zero-order valence-corrected chi connectivity index (χ0v) is 11.1. The molecule has 0 aliphatic heterocycles. The summed E-state index contributed by atoms with van der Waals surface area (Å²) < 4.78 is 1.75. The van der Waals surface area contributed by atoms with E-state index >= 15 is 0 Å². The second kappa shape index (κ2) is 5.83. The summed E-state index contributed by atoms with van der Waals surface area (Å²) in [5.74, 6) is -0.00481. The lowest BCUT2D eigenvalue weighted by atomic mass is 10.2. The third-order valence-electron chi connectivity index (χ3n) is 3.15. The van der Waals surface area contributed by atoms with Gasteiger partial charge >= 0.3 is 0 Å². The van der Waals surface area contributed by atoms with E-state index in [2.05, 4.69) is 20.7 Å². The van der Waals surface area contributed by atoms with Gasteiger partial charge in [-0.05, 0) is 30.5 Å². The van der Waals surface area contributed by atoms with Crippen molar-refractivity contribution in [3.05, 3.63) is 42.5 Å². The second-order valence-electron chi connectivity index (χ2n) is 5.00. The predicted octanol–water partition coefficient (Wildman–Crippen LogP) is 1.02. The van der Waals surface area contributed by atoms with Crippen LogP contribution in [0.15, 0.2) is 36.9 Å². The summed E-state index contributed by atoms with van der Waals surface area (Å²) in [6.45, 7) is 1.02. The lowest BCUT2D eigenvalue weighted by Gasteiger charge is -2.08. The van der Waals surface area contributed by atoms with Crippen LogP contribution < -0.4 is 10.6 Å². The van der Waals surface area contributed by atoms with Crippen LogP contribution in [-0.2, 0) is 11.3 Å². The van der Waals surface area contributed by atoms with Gasteiger partial charge in [0.1, 0.15) is 12.7 Å². The molecule has 1 aliphatic rings. The van der Waals surface area contributed by atoms with Gasteiger partial charge in [-0.25, -0.2) is 9.67 Å². The quantitative estimate of drug-likeness (QED) is 0.822. The molecule has 3 rings (SSSR count). The van der Waals surface area contributed by atoms with Gasteiger partial charge in [-0.15, -0.1) is 0 Å². The van der Waals surface area contributed by atoms with Crippen molar-refractivity contribution in [1.29, 1.82) is 0 Å². The lowest BCUT2D eigenvalue weighted by molar-refractivity contribution is -0.115. The molecule has 1 aromatic carbocycles. The Morgan fingerprint density at radius 1 is 1.40 bits per heavy atom. The Kier molecular flexibility index (Phi) is 3.73. The maximum absolute atomic E-state index is 11.8. The van der Waals surface area contributed by atoms with Gasteiger partial charge in [0.05, 0.1) is 13.1 Å². The molecule has 0 radical (unpaired) electrons. The molecule has 2 N–H and O–H groups in total. The van der Waals surface area contributed by atoms with E-state index in [4.69, 9.17) is 0 Å². The van der Waals surface area contributed by atoms with Gasteiger partial charge < -0.3 is 10.6 Å². The summed E-state index contributed by atoms with van der Waals surface area (Å²) in [4.78, 5) is 15.7. The van der Waals surface area contributed by atoms with Crippen LogP contribution in [0, 0.1) is 0 Å². The highest BCUT2D eigenvalue weighted by Gasteiger charge is 2.21. The first-order chi connectivity index (χ1) is 9.79. The molecule has 1 aromatic heterocycles. The first kappa shape index (κ1) is 12.8. The Bertz CT molecular complexity index is 577. The number of amides is 1. The van der Waals surface area contributed by atoms with E-state index < -0.39 is 0 Å². The molecule has 6 nitrogen and oxygen atoms in total. The number of nitrogens with zero attached hydrogens (tertiary/aromatic N) is 3. The Balaban J connectivity index is 1.57. The highest BCUT2D eigenvalue weighted by Crippen LogP contribution is 2.18. The zero-order chi connectivity index (χ0) is 13.8. The van der Waals surface area contributed by atoms with Crippen molar-refractivity contribution in [1.82, 2.24) is 20.1 Å². The minimum atomic E-state index is -0.00481. The smallest absolute Gasteiger partial charge is 0.238 e. The molecule has 6 heteroatoms. The SMILES string of the molecule is O=C(CNC1CC1)Nc1cccc(Cn2cncn2)c1. The fraction of sp³-hybridized carbons (Fsp3) is 0.357. The molecule has 1 fully saturated rings. The van der Waals surface area contributed by atoms with Crippen molar-refractivity contribution in [2.45, 2.75) is 25.4 Å². The van der Waals surface area contributed by atoms with Crippen molar-refractivity contribution in [2.75, 3.05) is 11.9 Å². The van der Waals surface area contributed by atoms with Crippen LogP contribution in [0.25, 0.3) is 0 Å². The molecule has 1 saturated carbocycles. The normalized spacial score (nSPS) is 14.2. The third-order valence-corrected chi connectivity index (χ3v) is 3.15. The number of carbonyl (C=O) groups excluding carboxylic acids is 1. The number of rotatable bonds is 6. The fourth-order valence-corrected chi connectivity index (χ4v) is 1.98. The van der Waals surface area contributed by atoms with Gasteiger partial charge in [-0.3, -0.25) is 4.79 Å². The average molecular weight is 271 g/mol. The van der Waals surface area contributed by atoms with Gasteiger partial charge in [0.25, 0.3) is 0 Å². The average Bonchev–Trinajstić information content (AvgIpc) is 3.14. The standard InChI is InChI=1S/C14H17N5O/c20-14(7-16-12-4-5-12)18-13-3-1-2-11(6-13)8-19-10-15-9-17-19/h1-3,6,9-10,12,16H,4-5,7-8H2,(H,18,20). The van der Waals surface area contributed by atoms with E-state index in [0.717, 1.165) is 11.3 Å². The van der Waals surface area contributed by atoms with Gasteiger partial charge in [0, 0.05) is 11.7 Å². The van der Waals surface area contributed by atoms with Crippen molar-refractivity contribution < 1.29 is 4.79 Å². The minimum Gasteiger partial charge on any atom is -0.325 e. The van der Waals surface area contributed by atoms with Crippen molar-refractivity contribution in [2.24, 2.45) is 0 Å². The Morgan fingerprint density at radius 2 is 2.30 bits per heavy atom. The highest BCUT2D eigenvalue weighted by atomic mass is 16.1. The van der Waals surface area contributed by atoms with Crippen molar-refractivity contribution in [3.8, 4) is 0 Å². The van der Waals surface area contributed by atoms with E-state index in [1.165, 1.54) is 19.2 Å². The van der Waals surface area contributed by atoms with Crippen LogP contribution >= 0.6 is 0 Å². The molecular formula is C14H17N5O. The van der Waals surface area contributed by atoms with E-state index in [-0.39, 0.29) is 5.91 Å². The molecule has 0 unspecified atom stereocenters. The number of benzene rings is 1. The molecule has 0 atom stereocenters. The summed E-state index contributed by atoms with van der Waals surface area (Å²) in [5, 5.41) is 10.2. The largest absolute Gasteiger partial charge is 0.325 e. The van der Waals surface area contributed by atoms with E-state index in [0.29, 0.717) is 19.1 Å². The molecule has 1 aliphatic carbocycles. The Labute approximate surface area is 117 Å². The molecule has 1 heterocycles. The maximum atomic E-state index is 11.8. The predicted molar refractivity (Wildman–Crippen MR) is 75.2 cm³/mol. The summed E-state index contributed by atoms with van der Waals surface area (Å²) in [7, 11) is 0. The van der Waals surface area contributed by atoms with E-state index in [1.54, 1.807) is 11.0 Å². The van der Waals surface area contributed by atoms with E-state index in [1.807, 2.05) is 24.3 Å². The molecule has 0 spiro atoms. The first-order valence-corrected chi connectivity index (χ1v) is 6.74. The van der Waals surface area contributed by atoms with Crippen LogP contribution in [0.4, 0.5) is 5.69 Å². The third kappa shape index (κ3) is 3.64. The topological polar surface area (TPSA) is 71.8 Å². The van der Waals surface area contributed by atoms with Crippen molar-refractivity contribution >= 4 is 11.6 Å². The fourth-order valence-electron chi connectivity index (χ4n) is 1.98. The summed E-state index contributed by atoms with van der Waals surface area (Å²) in [6, 6.07) is 8.31. The minimum absolute atomic E-state index is 0.00481. The summed E-state index contributed by atoms with van der Waals surface area (Å²) >= 11 is 0. The molecular weight excluding hydrogens is 254 g/mol. The Hall–Kier alpha value is -2.21. The van der Waals surface area contributed by atoms with Gasteiger partial charge in [-0.2, -0.15) is 5.10 Å². The first-order valence-electron chi connectivity index (χ1n) is 6.74. The van der Waals surface area contributed by atoms with Gasteiger partial charge in [0.2, 0.25) is 5.91 Å². The number of hydrogen-bond donors (Lipinski definition) is 2. The number of carbonyl (C=O) groups is 1. The molecule has 0 bridgehead atoms. The van der Waals surface area contributed by atoms with Crippen LogP contribution in [0.5, 0.6) is 0 Å². The Morgan fingerprint density at radius 3 is 3.05 bits per heavy atom. The maximum Gasteiger partial charge on any atom is 0.238 e. The van der Waals surface area contributed by atoms with Crippen molar-refractivity contribution in [3.63, 3.8) is 0 Å². The number of anilines is 1. The number of aromatic nitrogens is 3. The van der Waals surface area contributed by atoms with Gasteiger partial charge in [-0.1, -0.05) is 12.1 Å². The number of nitrogens with one attached hydrogen (secondary N) is 2. The van der Waals surface area contributed by atoms with E-state index in [9.17, 15) is 4.79 Å².